The molecule has 0 fully saturated rings. The molecule has 0 spiro atoms. The average molecular weight is 253 g/mol. The van der Waals surface area contributed by atoms with E-state index in [2.05, 4.69) is 4.98 Å². The quantitative estimate of drug-likeness (QED) is 0.697. The van der Waals surface area contributed by atoms with Crippen molar-refractivity contribution in [1.82, 2.24) is 14.9 Å². The largest absolute Gasteiger partial charge is 0.491 e. The molecule has 6 nitrogen and oxygen atoms in total. The molecule has 0 N–H and O–H groups in total. The van der Waals surface area contributed by atoms with Crippen molar-refractivity contribution in [3.8, 4) is 5.75 Å². The van der Waals surface area contributed by atoms with Crippen LogP contribution < -0.4 is 4.74 Å². The van der Waals surface area contributed by atoms with E-state index in [1.807, 2.05) is 19.0 Å². The Bertz CT molecular complexity index is 379. The molecule has 0 bridgehead atoms. The number of rotatable bonds is 6. The van der Waals surface area contributed by atoms with E-state index < -0.39 is 0 Å². The van der Waals surface area contributed by atoms with Crippen molar-refractivity contribution in [3.63, 3.8) is 0 Å². The van der Waals surface area contributed by atoms with Crippen LogP contribution in [0.25, 0.3) is 0 Å². The van der Waals surface area contributed by atoms with Crippen LogP contribution in [0.2, 0.25) is 0 Å². The number of amides is 1. The number of ether oxygens (including phenoxy) is 1. The molecule has 0 saturated heterocycles. The minimum atomic E-state index is -0.294. The molecule has 6 heteroatoms. The number of pyridine rings is 1. The van der Waals surface area contributed by atoms with Crippen molar-refractivity contribution in [1.29, 1.82) is 0 Å². The third kappa shape index (κ3) is 4.31. The molecule has 1 aromatic rings. The molecule has 1 rings (SSSR count). The molecule has 0 aliphatic heterocycles. The van der Waals surface area contributed by atoms with Gasteiger partial charge >= 0.3 is 0 Å². The van der Waals surface area contributed by atoms with E-state index in [9.17, 15) is 4.79 Å². The van der Waals surface area contributed by atoms with Crippen molar-refractivity contribution >= 4 is 5.91 Å². The first-order chi connectivity index (χ1) is 8.54. The molecule has 0 aliphatic rings. The fraction of sp³-hybridized carbons (Fsp3) is 0.500. The standard InChI is InChI=1S/C12H19N3O3/c1-14(2)7-8-18-10-5-6-11(13-9-10)12(16)15(3)17-4/h5-6,9H,7-8H2,1-4H3. The SMILES string of the molecule is CON(C)C(=O)c1ccc(OCCN(C)C)cn1. The highest BCUT2D eigenvalue weighted by Gasteiger charge is 2.12. The molecule has 0 saturated carbocycles. The van der Waals surface area contributed by atoms with Crippen LogP contribution in [0.15, 0.2) is 18.3 Å². The molecule has 0 radical (unpaired) electrons. The number of hydroxylamine groups is 2. The van der Waals surface area contributed by atoms with Crippen molar-refractivity contribution in [3.05, 3.63) is 24.0 Å². The fourth-order valence-corrected chi connectivity index (χ4v) is 1.18. The van der Waals surface area contributed by atoms with E-state index in [1.165, 1.54) is 20.4 Å². The molecular formula is C12H19N3O3. The molecule has 100 valence electrons. The predicted molar refractivity (Wildman–Crippen MR) is 67.4 cm³/mol. The monoisotopic (exact) mass is 253 g/mol. The van der Waals surface area contributed by atoms with E-state index in [0.717, 1.165) is 11.6 Å². The zero-order valence-electron chi connectivity index (χ0n) is 11.2. The minimum absolute atomic E-state index is 0.294. The highest BCUT2D eigenvalue weighted by atomic mass is 16.7. The van der Waals surface area contributed by atoms with Gasteiger partial charge in [0, 0.05) is 13.6 Å². The van der Waals surface area contributed by atoms with Crippen molar-refractivity contribution < 1.29 is 14.4 Å². The molecule has 1 aromatic heterocycles. The first-order valence-electron chi connectivity index (χ1n) is 5.60. The highest BCUT2D eigenvalue weighted by molar-refractivity contribution is 5.91. The summed E-state index contributed by atoms with van der Waals surface area (Å²) < 4.78 is 5.48. The fourth-order valence-electron chi connectivity index (χ4n) is 1.18. The molecule has 0 aromatic carbocycles. The summed E-state index contributed by atoms with van der Waals surface area (Å²) >= 11 is 0. The molecule has 0 atom stereocenters. The van der Waals surface area contributed by atoms with Gasteiger partial charge in [-0.1, -0.05) is 0 Å². The van der Waals surface area contributed by atoms with Gasteiger partial charge in [-0.15, -0.1) is 0 Å². The molecule has 1 heterocycles. The van der Waals surface area contributed by atoms with Gasteiger partial charge in [0.25, 0.3) is 5.91 Å². The van der Waals surface area contributed by atoms with E-state index in [-0.39, 0.29) is 5.91 Å². The summed E-state index contributed by atoms with van der Waals surface area (Å²) in [5.74, 6) is 0.353. The second kappa shape index (κ2) is 6.93. The Morgan fingerprint density at radius 2 is 2.06 bits per heavy atom. The summed E-state index contributed by atoms with van der Waals surface area (Å²) in [6.07, 6.45) is 1.53. The number of nitrogens with zero attached hydrogens (tertiary/aromatic N) is 3. The lowest BCUT2D eigenvalue weighted by Crippen LogP contribution is -2.26. The average Bonchev–Trinajstić information content (AvgIpc) is 2.37. The maximum absolute atomic E-state index is 11.7. The number of carbonyl (C=O) groups excluding carboxylic acids is 1. The number of aromatic nitrogens is 1. The summed E-state index contributed by atoms with van der Waals surface area (Å²) in [5, 5.41) is 1.12. The molecule has 0 unspecified atom stereocenters. The maximum atomic E-state index is 11.7. The second-order valence-corrected chi connectivity index (χ2v) is 4.02. The molecule has 1 amide bonds. The number of carbonyl (C=O) groups is 1. The normalized spacial score (nSPS) is 10.5. The van der Waals surface area contributed by atoms with Gasteiger partial charge in [0.2, 0.25) is 0 Å². The minimum Gasteiger partial charge on any atom is -0.491 e. The van der Waals surface area contributed by atoms with E-state index in [4.69, 9.17) is 9.57 Å². The van der Waals surface area contributed by atoms with Gasteiger partial charge < -0.3 is 9.64 Å². The summed E-state index contributed by atoms with van der Waals surface area (Å²) in [5.41, 5.74) is 0.319. The van der Waals surface area contributed by atoms with Crippen molar-refractivity contribution in [2.24, 2.45) is 0 Å². The van der Waals surface area contributed by atoms with Crippen LogP contribution in [0.1, 0.15) is 10.5 Å². The highest BCUT2D eigenvalue weighted by Crippen LogP contribution is 2.10. The Balaban J connectivity index is 2.54. The first kappa shape index (κ1) is 14.4. The first-order valence-corrected chi connectivity index (χ1v) is 5.60. The van der Waals surface area contributed by atoms with Gasteiger partial charge in [-0.3, -0.25) is 9.63 Å². The second-order valence-electron chi connectivity index (χ2n) is 4.02. The Labute approximate surface area is 107 Å². The summed E-state index contributed by atoms with van der Waals surface area (Å²) in [6, 6.07) is 3.34. The Morgan fingerprint density at radius 3 is 2.56 bits per heavy atom. The Morgan fingerprint density at radius 1 is 1.33 bits per heavy atom. The number of hydrogen-bond donors (Lipinski definition) is 0. The van der Waals surface area contributed by atoms with Crippen LogP contribution in [0.4, 0.5) is 0 Å². The van der Waals surface area contributed by atoms with Crippen LogP contribution in [0.3, 0.4) is 0 Å². The van der Waals surface area contributed by atoms with Gasteiger partial charge in [0.15, 0.2) is 0 Å². The summed E-state index contributed by atoms with van der Waals surface area (Å²) in [4.78, 5) is 22.5. The smallest absolute Gasteiger partial charge is 0.295 e. The zero-order chi connectivity index (χ0) is 13.5. The maximum Gasteiger partial charge on any atom is 0.295 e. The lowest BCUT2D eigenvalue weighted by Gasteiger charge is -2.13. The lowest BCUT2D eigenvalue weighted by molar-refractivity contribution is -0.0760. The zero-order valence-corrected chi connectivity index (χ0v) is 11.2. The molecule has 18 heavy (non-hydrogen) atoms. The van der Waals surface area contributed by atoms with Gasteiger partial charge in [-0.2, -0.15) is 0 Å². The summed E-state index contributed by atoms with van der Waals surface area (Å²) in [7, 11) is 6.91. The third-order valence-corrected chi connectivity index (χ3v) is 2.32. The van der Waals surface area contributed by atoms with E-state index >= 15 is 0 Å². The lowest BCUT2D eigenvalue weighted by atomic mass is 10.3. The van der Waals surface area contributed by atoms with Gasteiger partial charge in [0.05, 0.1) is 13.3 Å². The van der Waals surface area contributed by atoms with E-state index in [1.54, 1.807) is 12.1 Å². The van der Waals surface area contributed by atoms with Gasteiger partial charge in [0.1, 0.15) is 18.1 Å². The predicted octanol–water partition coefficient (Wildman–Crippen LogP) is 0.655. The van der Waals surface area contributed by atoms with Crippen LogP contribution >= 0.6 is 0 Å². The van der Waals surface area contributed by atoms with Crippen LogP contribution in [0, 0.1) is 0 Å². The van der Waals surface area contributed by atoms with Gasteiger partial charge in [-0.25, -0.2) is 10.0 Å². The van der Waals surface area contributed by atoms with Gasteiger partial charge in [-0.05, 0) is 26.2 Å². The van der Waals surface area contributed by atoms with Crippen molar-refractivity contribution in [2.75, 3.05) is 41.4 Å². The topological polar surface area (TPSA) is 54.9 Å². The van der Waals surface area contributed by atoms with E-state index in [0.29, 0.717) is 18.1 Å². The Hall–Kier alpha value is -1.66. The Kier molecular flexibility index (Phi) is 5.54. The summed E-state index contributed by atoms with van der Waals surface area (Å²) in [6.45, 7) is 1.41. The third-order valence-electron chi connectivity index (χ3n) is 2.32. The van der Waals surface area contributed by atoms with Crippen molar-refractivity contribution in [2.45, 2.75) is 0 Å². The van der Waals surface area contributed by atoms with Crippen LogP contribution in [-0.2, 0) is 4.84 Å². The molecular weight excluding hydrogens is 234 g/mol. The van der Waals surface area contributed by atoms with Crippen LogP contribution in [-0.4, -0.2) is 62.3 Å². The molecule has 0 aliphatic carbocycles. The number of hydrogen-bond acceptors (Lipinski definition) is 5. The van der Waals surface area contributed by atoms with Crippen LogP contribution in [0.5, 0.6) is 5.75 Å². The number of likely N-dealkylation sites (N-methyl/N-ethyl adjacent to an activating group) is 1.